The Bertz CT molecular complexity index is 1230. The van der Waals surface area contributed by atoms with E-state index < -0.39 is 17.1 Å². The number of nitrogens with one attached hydrogen (secondary N) is 3. The third-order valence-electron chi connectivity index (χ3n) is 5.77. The smallest absolute Gasteiger partial charge is 0.411 e. The maximum atomic E-state index is 12.6. The van der Waals surface area contributed by atoms with E-state index >= 15 is 0 Å². The number of ether oxygens (including phenoxy) is 2. The van der Waals surface area contributed by atoms with Crippen molar-refractivity contribution < 1.29 is 19.1 Å². The topological polar surface area (TPSA) is 105 Å². The first kappa shape index (κ1) is 27.4. The van der Waals surface area contributed by atoms with Gasteiger partial charge in [0.2, 0.25) is 5.91 Å². The quantitative estimate of drug-likeness (QED) is 0.262. The Kier molecular flexibility index (Phi) is 9.97. The molecular weight excluding hydrogens is 502 g/mol. The predicted molar refractivity (Wildman–Crippen MR) is 151 cm³/mol. The number of carbonyl (C=O) groups excluding carboxylic acids is 2. The number of para-hydroxylation sites is 1. The summed E-state index contributed by atoms with van der Waals surface area (Å²) in [6.45, 7) is 5.72. The molecule has 2 amide bonds. The second-order valence-corrected chi connectivity index (χ2v) is 10.1. The molecule has 1 aliphatic heterocycles. The van der Waals surface area contributed by atoms with Crippen LogP contribution in [0.2, 0.25) is 0 Å². The van der Waals surface area contributed by atoms with Crippen LogP contribution in [0.4, 0.5) is 10.5 Å². The Balaban J connectivity index is 1.42. The molecule has 38 heavy (non-hydrogen) atoms. The summed E-state index contributed by atoms with van der Waals surface area (Å²) in [7, 11) is 0. The Labute approximate surface area is 227 Å². The molecule has 0 spiro atoms. The molecule has 3 atom stereocenters. The molecule has 3 N–H and O–H groups in total. The van der Waals surface area contributed by atoms with Crippen molar-refractivity contribution in [2.45, 2.75) is 30.9 Å². The number of hydrogen-bond donors (Lipinski definition) is 3. The van der Waals surface area contributed by atoms with Crippen molar-refractivity contribution in [1.82, 2.24) is 20.5 Å². The summed E-state index contributed by atoms with van der Waals surface area (Å²) in [6, 6.07) is 19.4. The summed E-state index contributed by atoms with van der Waals surface area (Å²) < 4.78 is 11.0. The molecule has 1 aromatic heterocycles. The molecular formula is C28H33N5O4S. The highest BCUT2D eigenvalue weighted by Gasteiger charge is 2.24. The van der Waals surface area contributed by atoms with E-state index in [0.29, 0.717) is 26.3 Å². The lowest BCUT2D eigenvalue weighted by molar-refractivity contribution is -0.117. The van der Waals surface area contributed by atoms with Crippen LogP contribution in [0, 0.1) is 0 Å². The van der Waals surface area contributed by atoms with Gasteiger partial charge in [-0.1, -0.05) is 60.3 Å². The maximum absolute atomic E-state index is 12.6. The normalized spacial score (nSPS) is 16.1. The standard InChI is InChI=1S/C28H33N5O4S/c1-20(30-25(34)14-13-22-8-4-3-5-9-22)31-27(32-24-12-6-10-23-11-7-15-29-26(23)24)38-21(2)37-28(35)33-16-18-36-19-17-33/h3-15,20-21,27,31-32H,16-19H2,1-2H3,(H,30,34)/b14-13+. The van der Waals surface area contributed by atoms with E-state index in [2.05, 4.69) is 20.9 Å². The van der Waals surface area contributed by atoms with Crippen molar-refractivity contribution in [1.29, 1.82) is 0 Å². The number of pyridine rings is 1. The molecule has 2 heterocycles. The number of thioether (sulfide) groups is 1. The minimum absolute atomic E-state index is 0.226. The predicted octanol–water partition coefficient (Wildman–Crippen LogP) is 4.24. The zero-order chi connectivity index (χ0) is 26.7. The number of aromatic nitrogens is 1. The van der Waals surface area contributed by atoms with Gasteiger partial charge in [0.25, 0.3) is 0 Å². The molecule has 0 saturated carbocycles. The second-order valence-electron chi connectivity index (χ2n) is 8.73. The number of benzene rings is 2. The molecule has 0 bridgehead atoms. The number of carbonyl (C=O) groups is 2. The molecule has 200 valence electrons. The van der Waals surface area contributed by atoms with Crippen LogP contribution in [0.25, 0.3) is 17.0 Å². The zero-order valence-electron chi connectivity index (χ0n) is 21.5. The lowest BCUT2D eigenvalue weighted by atomic mass is 10.2. The molecule has 0 radical (unpaired) electrons. The van der Waals surface area contributed by atoms with Gasteiger partial charge >= 0.3 is 6.09 Å². The highest BCUT2D eigenvalue weighted by Crippen LogP contribution is 2.25. The first-order valence-corrected chi connectivity index (χ1v) is 13.5. The van der Waals surface area contributed by atoms with Gasteiger partial charge in [0.15, 0.2) is 0 Å². The van der Waals surface area contributed by atoms with Crippen LogP contribution in [0.3, 0.4) is 0 Å². The van der Waals surface area contributed by atoms with E-state index in [1.54, 1.807) is 17.2 Å². The minimum atomic E-state index is -0.473. The van der Waals surface area contributed by atoms with Crippen molar-refractivity contribution in [3.8, 4) is 0 Å². The number of morpholine rings is 1. The monoisotopic (exact) mass is 535 g/mol. The summed E-state index contributed by atoms with van der Waals surface area (Å²) in [4.78, 5) is 31.3. The number of anilines is 1. The average Bonchev–Trinajstić information content (AvgIpc) is 2.93. The second kappa shape index (κ2) is 13.8. The molecule has 9 nitrogen and oxygen atoms in total. The summed E-state index contributed by atoms with van der Waals surface area (Å²) >= 11 is 1.39. The van der Waals surface area contributed by atoms with E-state index in [0.717, 1.165) is 22.2 Å². The maximum Gasteiger partial charge on any atom is 0.411 e. The highest BCUT2D eigenvalue weighted by atomic mass is 32.2. The van der Waals surface area contributed by atoms with E-state index in [1.807, 2.05) is 74.5 Å². The molecule has 3 aromatic rings. The van der Waals surface area contributed by atoms with Crippen molar-refractivity contribution in [2.24, 2.45) is 0 Å². The number of rotatable bonds is 10. The van der Waals surface area contributed by atoms with Gasteiger partial charge in [-0.15, -0.1) is 0 Å². The van der Waals surface area contributed by atoms with Crippen LogP contribution in [0.5, 0.6) is 0 Å². The SMILES string of the molecule is CC(NC(=O)/C=C/c1ccccc1)NC(Nc1cccc2cccnc12)SC(C)OC(=O)N1CCOCC1. The van der Waals surface area contributed by atoms with Crippen molar-refractivity contribution in [3.05, 3.63) is 78.5 Å². The van der Waals surface area contributed by atoms with Gasteiger partial charge in [0.1, 0.15) is 10.9 Å². The Morgan fingerprint density at radius 1 is 1.05 bits per heavy atom. The molecule has 0 aliphatic carbocycles. The minimum Gasteiger partial charge on any atom is -0.435 e. The van der Waals surface area contributed by atoms with Crippen LogP contribution in [0.15, 0.2) is 72.9 Å². The Morgan fingerprint density at radius 3 is 2.61 bits per heavy atom. The van der Waals surface area contributed by atoms with Crippen molar-refractivity contribution in [3.63, 3.8) is 0 Å². The number of hydrogen-bond acceptors (Lipinski definition) is 8. The van der Waals surface area contributed by atoms with E-state index in [-0.39, 0.29) is 12.0 Å². The summed E-state index contributed by atoms with van der Waals surface area (Å²) in [6.07, 6.45) is 4.26. The molecule has 4 rings (SSSR count). The first-order valence-electron chi connectivity index (χ1n) is 12.6. The van der Waals surface area contributed by atoms with Crippen molar-refractivity contribution in [2.75, 3.05) is 31.6 Å². The van der Waals surface area contributed by atoms with Gasteiger partial charge < -0.3 is 25.0 Å². The number of nitrogens with zero attached hydrogens (tertiary/aromatic N) is 2. The van der Waals surface area contributed by atoms with Gasteiger partial charge in [0.05, 0.1) is 30.6 Å². The van der Waals surface area contributed by atoms with Crippen LogP contribution in [-0.4, -0.2) is 65.3 Å². The highest BCUT2D eigenvalue weighted by molar-refractivity contribution is 8.00. The van der Waals surface area contributed by atoms with E-state index in [4.69, 9.17) is 9.47 Å². The third-order valence-corrected chi connectivity index (χ3v) is 6.78. The third kappa shape index (κ3) is 8.20. The Morgan fingerprint density at radius 2 is 1.82 bits per heavy atom. The summed E-state index contributed by atoms with van der Waals surface area (Å²) in [5, 5.41) is 10.8. The summed E-state index contributed by atoms with van der Waals surface area (Å²) in [5.74, 6) is -0.226. The zero-order valence-corrected chi connectivity index (χ0v) is 22.3. The van der Waals surface area contributed by atoms with Gasteiger partial charge in [-0.3, -0.25) is 15.1 Å². The fourth-order valence-corrected chi connectivity index (χ4v) is 4.92. The van der Waals surface area contributed by atoms with Crippen LogP contribution in [0.1, 0.15) is 19.4 Å². The van der Waals surface area contributed by atoms with Gasteiger partial charge in [-0.2, -0.15) is 0 Å². The van der Waals surface area contributed by atoms with Crippen LogP contribution in [-0.2, 0) is 14.3 Å². The number of amides is 2. The van der Waals surface area contributed by atoms with E-state index in [1.165, 1.54) is 17.8 Å². The lowest BCUT2D eigenvalue weighted by Gasteiger charge is -2.30. The van der Waals surface area contributed by atoms with Gasteiger partial charge in [0, 0.05) is 30.7 Å². The van der Waals surface area contributed by atoms with Crippen LogP contribution >= 0.6 is 11.8 Å². The van der Waals surface area contributed by atoms with Crippen LogP contribution < -0.4 is 16.0 Å². The molecule has 3 unspecified atom stereocenters. The van der Waals surface area contributed by atoms with Gasteiger partial charge in [-0.25, -0.2) is 4.79 Å². The number of fused-ring (bicyclic) bond motifs is 1. The largest absolute Gasteiger partial charge is 0.435 e. The average molecular weight is 536 g/mol. The Hall–Kier alpha value is -3.60. The van der Waals surface area contributed by atoms with E-state index in [9.17, 15) is 9.59 Å². The van der Waals surface area contributed by atoms with Gasteiger partial charge in [-0.05, 0) is 37.6 Å². The molecule has 2 aromatic carbocycles. The summed E-state index contributed by atoms with van der Waals surface area (Å²) in [5.41, 5.74) is 1.70. The fourth-order valence-electron chi connectivity index (χ4n) is 3.93. The fraction of sp³-hybridized carbons (Fsp3) is 0.321. The first-order chi connectivity index (χ1) is 18.5. The molecule has 1 aliphatic rings. The molecule has 1 saturated heterocycles. The van der Waals surface area contributed by atoms with Crippen molar-refractivity contribution >= 4 is 46.4 Å². The lowest BCUT2D eigenvalue weighted by Crippen LogP contribution is -2.49. The molecule has 1 fully saturated rings. The molecule has 10 heteroatoms.